The molecule has 123 heavy (non-hydrogen) atoms. The molecule has 9 atom stereocenters. The Hall–Kier alpha value is -1.08. The largest absolute Gasteiger partial charge is 0.391 e. The highest BCUT2D eigenvalue weighted by Crippen LogP contribution is 2.29. The highest BCUT2D eigenvalue weighted by Gasteiger charge is 2.44. The van der Waals surface area contributed by atoms with Crippen LogP contribution in [0.2, 0.25) is 292 Å². The van der Waals surface area contributed by atoms with Gasteiger partial charge in [-0.1, -0.05) is 353 Å². The number of nitrogens with one attached hydrogen (secondary N) is 6. The fraction of sp³-hybridized carbons (Fsp3) is 0.849. The second-order valence-electron chi connectivity index (χ2n) is 45.8. The summed E-state index contributed by atoms with van der Waals surface area (Å²) in [7, 11) is -13.4. The Bertz CT molecular complexity index is 3120. The zero-order valence-electron chi connectivity index (χ0n) is 90.7. The van der Waals surface area contributed by atoms with Crippen molar-refractivity contribution in [2.24, 2.45) is 25.0 Å². The van der Waals surface area contributed by atoms with Crippen LogP contribution in [0.25, 0.3) is 0 Å². The number of aliphatic hydroxyl groups is 11. The monoisotopic (exact) mass is 1990 g/mol. The number of nitrogens with zero attached hydrogens (tertiary/aromatic N) is 5. The van der Waals surface area contributed by atoms with Crippen LogP contribution in [-0.2, 0) is 0 Å². The average Bonchev–Trinajstić information content (AvgIpc) is 0.807. The lowest BCUT2D eigenvalue weighted by Crippen LogP contribution is -2.56. The third-order valence-corrected chi connectivity index (χ3v) is 59.7. The summed E-state index contributed by atoms with van der Waals surface area (Å²) in [4.78, 5) is 21.0. The second kappa shape index (κ2) is 63.9. The molecular formula is C86H211N11O11Si15. The molecule has 0 aliphatic rings. The smallest absolute Gasteiger partial charge is 0.105 e. The van der Waals surface area contributed by atoms with Gasteiger partial charge in [0.05, 0.1) is 182 Å². The summed E-state index contributed by atoms with van der Waals surface area (Å²) in [6.07, 6.45) is 0.402. The summed E-state index contributed by atoms with van der Waals surface area (Å²) in [6.45, 7) is 108. The fourth-order valence-electron chi connectivity index (χ4n) is 11.8. The molecule has 0 bridgehead atoms. The van der Waals surface area contributed by atoms with Crippen LogP contribution in [0.4, 0.5) is 0 Å². The molecular weight excluding hydrogens is 1780 g/mol. The van der Waals surface area contributed by atoms with Gasteiger partial charge in [-0.15, -0.1) is 6.58 Å². The highest BCUT2D eigenvalue weighted by molar-refractivity contribution is 7.12. The molecule has 0 aromatic heterocycles. The second-order valence-corrected chi connectivity index (χ2v) is 123. The molecule has 17 N–H and O–H groups in total. The Balaban J connectivity index is -0.000000125. The molecule has 0 heterocycles. The SMILES string of the molecule is C=CC(O)C(=N)[Si](C)(C)C.CC(O)C(=N)[Si](C)(C)C.CCC(O)C(=N)[Si](C)(C)C.CCC(O)C(=NC)[Si](C)(C)C.CC[Si](CC)(CC)C(O)C(=N)[Si](C)(C)C.CC[Si](CC)(CC)C(O)C(=NC)[Si](C)(C)C.CN=C(C(C)O)[Si](C)(C)C.CN=C(C(O)[Si](C)(C)C)[Si](C)(C)C.CN=C(CO)[Si](C)(C)C.C[Si](C)(C)C(=N)C(O)[Si](C)(C)C.C[Si](C)(C)C(=N)CO. The number of rotatable bonds is 35. The first-order valence-corrected chi connectivity index (χ1v) is 96.1. The maximum atomic E-state index is 10.7. The summed E-state index contributed by atoms with van der Waals surface area (Å²) < 4.78 is 0. The van der Waals surface area contributed by atoms with Crippen molar-refractivity contribution >= 4 is 180 Å². The Morgan fingerprint density at radius 2 is 0.528 bits per heavy atom. The Morgan fingerprint density at radius 1 is 0.276 bits per heavy atom. The van der Waals surface area contributed by atoms with Gasteiger partial charge < -0.3 is 88.6 Å². The first-order valence-electron chi connectivity index (χ1n) is 45.0. The first-order chi connectivity index (χ1) is 54.2. The third kappa shape index (κ3) is 64.4. The normalized spacial score (nSPS) is 15.5. The van der Waals surface area contributed by atoms with Crippen LogP contribution in [0.1, 0.15) is 82.1 Å². The average molecular weight is 2000 g/mol. The minimum Gasteiger partial charge on any atom is -0.391 e. The maximum absolute atomic E-state index is 10.7. The van der Waals surface area contributed by atoms with Crippen molar-refractivity contribution in [1.82, 2.24) is 0 Å². The highest BCUT2D eigenvalue weighted by atomic mass is 28.4. The molecule has 0 spiro atoms. The molecule has 736 valence electrons. The maximum Gasteiger partial charge on any atom is 0.105 e. The van der Waals surface area contributed by atoms with E-state index < -0.39 is 151 Å². The summed E-state index contributed by atoms with van der Waals surface area (Å²) in [6, 6.07) is 6.75. The van der Waals surface area contributed by atoms with Gasteiger partial charge in [-0.25, -0.2) is 0 Å². The first kappa shape index (κ1) is 145. The summed E-state index contributed by atoms with van der Waals surface area (Å²) in [5.41, 5.74) is -1.32. The van der Waals surface area contributed by atoms with E-state index in [4.69, 9.17) is 52.9 Å². The van der Waals surface area contributed by atoms with Gasteiger partial charge in [-0.05, 0) is 26.7 Å². The van der Waals surface area contributed by atoms with E-state index in [-0.39, 0.29) is 36.9 Å². The molecule has 0 aromatic carbocycles. The predicted molar refractivity (Wildman–Crippen MR) is 601 cm³/mol. The van der Waals surface area contributed by atoms with Crippen molar-refractivity contribution < 1.29 is 56.2 Å². The lowest BCUT2D eigenvalue weighted by molar-refractivity contribution is 0.238. The van der Waals surface area contributed by atoms with Gasteiger partial charge in [0.1, 0.15) is 6.10 Å². The molecule has 0 rings (SSSR count). The van der Waals surface area contributed by atoms with E-state index in [2.05, 4.69) is 289 Å². The van der Waals surface area contributed by atoms with E-state index in [1.165, 1.54) is 6.08 Å². The lowest BCUT2D eigenvalue weighted by Gasteiger charge is -2.37. The minimum absolute atomic E-state index is 0.0598. The number of hydrogen-bond donors (Lipinski definition) is 17. The van der Waals surface area contributed by atoms with Crippen molar-refractivity contribution in [3.05, 3.63) is 12.7 Å². The molecule has 0 saturated heterocycles. The molecule has 0 saturated carbocycles. The molecule has 0 amide bonds. The van der Waals surface area contributed by atoms with Gasteiger partial charge in [0.25, 0.3) is 0 Å². The van der Waals surface area contributed by atoms with Gasteiger partial charge >= 0.3 is 0 Å². The van der Waals surface area contributed by atoms with Gasteiger partial charge in [-0.2, -0.15) is 0 Å². The van der Waals surface area contributed by atoms with Crippen molar-refractivity contribution in [1.29, 1.82) is 32.5 Å². The molecule has 22 nitrogen and oxygen atoms in total. The van der Waals surface area contributed by atoms with E-state index in [9.17, 15) is 35.7 Å². The quantitative estimate of drug-likeness (QED) is 0.0161. The Morgan fingerprint density at radius 3 is 0.618 bits per heavy atom. The van der Waals surface area contributed by atoms with E-state index in [0.29, 0.717) is 38.4 Å². The zero-order valence-corrected chi connectivity index (χ0v) is 106. The van der Waals surface area contributed by atoms with Crippen molar-refractivity contribution in [3.8, 4) is 0 Å². The van der Waals surface area contributed by atoms with Gasteiger partial charge in [0.2, 0.25) is 0 Å². The molecule has 0 fully saturated rings. The topological polar surface area (TPSA) is 427 Å². The van der Waals surface area contributed by atoms with E-state index >= 15 is 0 Å². The molecule has 0 radical (unpaired) electrons. The van der Waals surface area contributed by atoms with Crippen LogP contribution < -0.4 is 0 Å². The molecule has 0 aliphatic carbocycles. The number of hydrogen-bond acceptors (Lipinski definition) is 22. The van der Waals surface area contributed by atoms with Crippen LogP contribution >= 0.6 is 0 Å². The molecule has 0 aromatic rings. The summed E-state index contributed by atoms with van der Waals surface area (Å²) in [5.74, 6) is 0. The van der Waals surface area contributed by atoms with Crippen molar-refractivity contribution in [2.45, 2.75) is 427 Å². The van der Waals surface area contributed by atoms with Gasteiger partial charge in [0, 0.05) is 93.9 Å². The van der Waals surface area contributed by atoms with Crippen LogP contribution in [-0.4, -0.2) is 338 Å². The van der Waals surface area contributed by atoms with Crippen LogP contribution in [0.15, 0.2) is 37.6 Å². The number of aliphatic imine (C=N–C) groups is 5. The lowest BCUT2D eigenvalue weighted by atomic mass is 10.3. The minimum atomic E-state index is -1.63. The Kier molecular flexibility index (Phi) is 75.3. The van der Waals surface area contributed by atoms with E-state index in [1.54, 1.807) is 42.0 Å². The predicted octanol–water partition coefficient (Wildman–Crippen LogP) is 20.1. The molecule has 37 heteroatoms. The Labute approximate surface area is 775 Å². The van der Waals surface area contributed by atoms with Gasteiger partial charge in [0.15, 0.2) is 0 Å². The standard InChI is InChI=1S/C12H29NOSi2.C11H27NOSi2.C9H23NOSi2.C8H21NOSi2.C8H19NOSi.2C7H17NOSi.C7H15NOSi.2C6H15NOSi.C5H13NOSi/c1-8-16(9-2,10-3)12(14)11(13-4)15(5,6)7;1-7-15(8-2,9-3)11(13)10(12)14(4,5)6;1-10-8(12(2,3)4)9(11)13(5,6)7;1-11(2,3)7(9)8(10)12(4,5)6;1-6-7(10)8(9-2)11(3,4)5;1-6(9)7(8-2)10(3,4)5;2*1-5-6(9)7(8)10(2,3)4;1-7-6(5-8)9(2,3)4;1-5(8)6(7)9(2,3)4;1-8(2,3)5(6)4-7/h12,14H,8-10H2,1-7H3;11-13H,7-9H2,1-6H3;9,11H,1-7H3;8-10H,1-6H3;7,10H,6H2,1-5H3;6,9H,1-5H3;6,8-9H,5H2,1-4H3;5-6,8-9H,1H2,2-4H3;8H,5H2,1-4H3;5,7-8H,1-4H3;6-7H,4H2,1-3H3. The third-order valence-electron chi connectivity index (χ3n) is 21.3. The van der Waals surface area contributed by atoms with Crippen LogP contribution in [0.3, 0.4) is 0 Å². The van der Waals surface area contributed by atoms with E-state index in [0.717, 1.165) is 69.4 Å². The van der Waals surface area contributed by atoms with E-state index in [1.807, 2.05) is 60.2 Å². The molecule has 0 aliphatic heterocycles. The van der Waals surface area contributed by atoms with Gasteiger partial charge in [-0.3, -0.25) is 25.0 Å². The fourth-order valence-corrected chi connectivity index (χ4v) is 43.3. The van der Waals surface area contributed by atoms with Crippen molar-refractivity contribution in [2.75, 3.05) is 48.5 Å². The van der Waals surface area contributed by atoms with Crippen LogP contribution in [0.5, 0.6) is 0 Å². The molecule has 9 unspecified atom stereocenters. The zero-order chi connectivity index (χ0) is 102. The summed E-state index contributed by atoms with van der Waals surface area (Å²) in [5, 5.41) is 159. The summed E-state index contributed by atoms with van der Waals surface area (Å²) >= 11 is 0. The van der Waals surface area contributed by atoms with Crippen LogP contribution in [0, 0.1) is 32.5 Å². The van der Waals surface area contributed by atoms with Crippen molar-refractivity contribution in [3.63, 3.8) is 0 Å². The number of aliphatic hydroxyl groups excluding tert-OH is 11.